The van der Waals surface area contributed by atoms with Crippen LogP contribution in [-0.4, -0.2) is 21.6 Å². The molecular formula is C20H14ClF6N3O. The van der Waals surface area contributed by atoms with E-state index in [0.29, 0.717) is 11.6 Å². The highest BCUT2D eigenvalue weighted by Gasteiger charge is 2.36. The second-order valence-electron chi connectivity index (χ2n) is 6.46. The van der Waals surface area contributed by atoms with E-state index in [1.165, 1.54) is 0 Å². The molecule has 4 nitrogen and oxygen atoms in total. The molecule has 0 aliphatic rings. The third kappa shape index (κ3) is 5.65. The molecule has 0 aliphatic heterocycles. The quantitative estimate of drug-likeness (QED) is 0.459. The monoisotopic (exact) mass is 461 g/mol. The molecule has 0 amide bonds. The van der Waals surface area contributed by atoms with Gasteiger partial charge in [-0.1, -0.05) is 48.0 Å². The molecule has 0 fully saturated rings. The van der Waals surface area contributed by atoms with E-state index in [4.69, 9.17) is 11.6 Å². The SMILES string of the molecule is O[C@@H](CNc1cc(-c2ccc(C(F)(F)F)c(Cl)c2)nc(C(F)(F)F)n1)c1ccccc1. The van der Waals surface area contributed by atoms with Crippen molar-refractivity contribution in [3.63, 3.8) is 0 Å². The third-order valence-electron chi connectivity index (χ3n) is 4.21. The van der Waals surface area contributed by atoms with E-state index < -0.39 is 34.9 Å². The number of nitrogens with one attached hydrogen (secondary N) is 1. The molecule has 1 heterocycles. The van der Waals surface area contributed by atoms with Crippen LogP contribution in [0.5, 0.6) is 0 Å². The van der Waals surface area contributed by atoms with Crippen molar-refractivity contribution in [2.75, 3.05) is 11.9 Å². The third-order valence-corrected chi connectivity index (χ3v) is 4.52. The van der Waals surface area contributed by atoms with Crippen LogP contribution >= 0.6 is 11.6 Å². The van der Waals surface area contributed by atoms with Crippen LogP contribution in [0.3, 0.4) is 0 Å². The molecule has 11 heteroatoms. The minimum Gasteiger partial charge on any atom is -0.387 e. The van der Waals surface area contributed by atoms with Gasteiger partial charge >= 0.3 is 12.4 Å². The van der Waals surface area contributed by atoms with Gasteiger partial charge in [-0.25, -0.2) is 9.97 Å². The van der Waals surface area contributed by atoms with Crippen molar-refractivity contribution >= 4 is 17.4 Å². The summed E-state index contributed by atoms with van der Waals surface area (Å²) in [5, 5.41) is 12.1. The van der Waals surface area contributed by atoms with E-state index in [-0.39, 0.29) is 23.6 Å². The van der Waals surface area contributed by atoms with Gasteiger partial charge in [0, 0.05) is 18.2 Å². The number of hydrogen-bond donors (Lipinski definition) is 2. The first-order valence-electron chi connectivity index (χ1n) is 8.75. The van der Waals surface area contributed by atoms with Crippen LogP contribution in [0.15, 0.2) is 54.6 Å². The topological polar surface area (TPSA) is 58.0 Å². The van der Waals surface area contributed by atoms with Gasteiger partial charge in [0.05, 0.1) is 22.4 Å². The second kappa shape index (κ2) is 8.72. The largest absolute Gasteiger partial charge is 0.451 e. The average Bonchev–Trinajstić information content (AvgIpc) is 2.70. The molecule has 0 saturated heterocycles. The Morgan fingerprint density at radius 1 is 0.903 bits per heavy atom. The number of rotatable bonds is 5. The van der Waals surface area contributed by atoms with Gasteiger partial charge in [-0.2, -0.15) is 26.3 Å². The summed E-state index contributed by atoms with van der Waals surface area (Å²) < 4.78 is 78.4. The van der Waals surface area contributed by atoms with Crippen molar-refractivity contribution in [3.8, 4) is 11.3 Å². The summed E-state index contributed by atoms with van der Waals surface area (Å²) in [6.45, 7) is -0.161. The number of nitrogens with zero attached hydrogens (tertiary/aromatic N) is 2. The van der Waals surface area contributed by atoms with E-state index in [9.17, 15) is 31.4 Å². The van der Waals surface area contributed by atoms with E-state index >= 15 is 0 Å². The van der Waals surface area contributed by atoms with Crippen LogP contribution < -0.4 is 5.32 Å². The van der Waals surface area contributed by atoms with Crippen molar-refractivity contribution in [2.24, 2.45) is 0 Å². The van der Waals surface area contributed by atoms with Gasteiger partial charge < -0.3 is 10.4 Å². The Morgan fingerprint density at radius 2 is 1.58 bits per heavy atom. The van der Waals surface area contributed by atoms with Crippen molar-refractivity contribution in [1.29, 1.82) is 0 Å². The van der Waals surface area contributed by atoms with Crippen LogP contribution in [0.1, 0.15) is 23.1 Å². The number of benzene rings is 2. The Bertz CT molecular complexity index is 1060. The average molecular weight is 462 g/mol. The molecule has 0 unspecified atom stereocenters. The van der Waals surface area contributed by atoms with Gasteiger partial charge in [-0.3, -0.25) is 0 Å². The van der Waals surface area contributed by atoms with Gasteiger partial charge in [-0.05, 0) is 17.7 Å². The summed E-state index contributed by atoms with van der Waals surface area (Å²) in [4.78, 5) is 6.82. The Kier molecular flexibility index (Phi) is 6.42. The lowest BCUT2D eigenvalue weighted by Gasteiger charge is -2.15. The van der Waals surface area contributed by atoms with Gasteiger partial charge in [0.25, 0.3) is 0 Å². The predicted octanol–water partition coefficient (Wildman–Crippen LogP) is 5.98. The van der Waals surface area contributed by atoms with Gasteiger partial charge in [-0.15, -0.1) is 0 Å². The van der Waals surface area contributed by atoms with E-state index in [1.807, 2.05) is 0 Å². The fraction of sp³-hybridized carbons (Fsp3) is 0.200. The first-order valence-corrected chi connectivity index (χ1v) is 9.13. The molecule has 31 heavy (non-hydrogen) atoms. The number of alkyl halides is 6. The zero-order valence-electron chi connectivity index (χ0n) is 15.5. The zero-order valence-corrected chi connectivity index (χ0v) is 16.2. The van der Waals surface area contributed by atoms with E-state index in [1.54, 1.807) is 30.3 Å². The summed E-state index contributed by atoms with van der Waals surface area (Å²) in [5.74, 6) is -1.75. The van der Waals surface area contributed by atoms with Crippen molar-refractivity contribution in [1.82, 2.24) is 9.97 Å². The highest BCUT2D eigenvalue weighted by atomic mass is 35.5. The first kappa shape index (κ1) is 22.8. The molecule has 0 spiro atoms. The summed E-state index contributed by atoms with van der Waals surface area (Å²) >= 11 is 5.67. The smallest absolute Gasteiger partial charge is 0.387 e. The first-order chi connectivity index (χ1) is 14.4. The van der Waals surface area contributed by atoms with Crippen molar-refractivity contribution in [2.45, 2.75) is 18.5 Å². The molecule has 0 aliphatic carbocycles. The Labute approximate surface area is 177 Å². The lowest BCUT2D eigenvalue weighted by Crippen LogP contribution is -2.17. The molecular weight excluding hydrogens is 448 g/mol. The Balaban J connectivity index is 1.93. The maximum atomic E-state index is 13.3. The number of aromatic nitrogens is 2. The second-order valence-corrected chi connectivity index (χ2v) is 6.87. The molecule has 164 valence electrons. The Morgan fingerprint density at radius 3 is 2.16 bits per heavy atom. The normalized spacial score (nSPS) is 13.2. The van der Waals surface area contributed by atoms with Crippen molar-refractivity contribution in [3.05, 3.63) is 76.6 Å². The molecule has 1 aromatic heterocycles. The van der Waals surface area contributed by atoms with Crippen LogP contribution in [0.2, 0.25) is 5.02 Å². The molecule has 3 aromatic rings. The Hall–Kier alpha value is -2.85. The summed E-state index contributed by atoms with van der Waals surface area (Å²) in [6.07, 6.45) is -10.6. The molecule has 2 aromatic carbocycles. The van der Waals surface area contributed by atoms with Gasteiger partial charge in [0.2, 0.25) is 5.82 Å². The van der Waals surface area contributed by atoms with Crippen LogP contribution in [0.25, 0.3) is 11.3 Å². The highest BCUT2D eigenvalue weighted by molar-refractivity contribution is 6.31. The minimum absolute atomic E-state index is 0.0578. The number of halogens is 7. The lowest BCUT2D eigenvalue weighted by molar-refractivity contribution is -0.144. The number of aliphatic hydroxyl groups excluding tert-OH is 1. The minimum atomic E-state index is -4.90. The molecule has 0 bridgehead atoms. The summed E-state index contributed by atoms with van der Waals surface area (Å²) in [6, 6.07) is 12.1. The fourth-order valence-corrected chi connectivity index (χ4v) is 3.00. The number of anilines is 1. The van der Waals surface area contributed by atoms with Crippen LogP contribution in [0.4, 0.5) is 32.2 Å². The van der Waals surface area contributed by atoms with E-state index in [2.05, 4.69) is 15.3 Å². The molecule has 0 saturated carbocycles. The molecule has 0 radical (unpaired) electrons. The highest BCUT2D eigenvalue weighted by Crippen LogP contribution is 2.37. The fourth-order valence-electron chi connectivity index (χ4n) is 2.71. The summed E-state index contributed by atoms with van der Waals surface area (Å²) in [7, 11) is 0. The standard InChI is InChI=1S/C20H14ClF6N3O/c21-14-8-12(6-7-13(14)19(22,23)24)15-9-17(30-18(29-15)20(25,26)27)28-10-16(31)11-4-2-1-3-5-11/h1-9,16,31H,10H2,(H,28,29,30)/t16-/m0/s1. The van der Waals surface area contributed by atoms with Crippen LogP contribution in [-0.2, 0) is 12.4 Å². The lowest BCUT2D eigenvalue weighted by atomic mass is 10.1. The van der Waals surface area contributed by atoms with E-state index in [0.717, 1.165) is 18.2 Å². The van der Waals surface area contributed by atoms with Crippen LogP contribution in [0, 0.1) is 0 Å². The van der Waals surface area contributed by atoms with Gasteiger partial charge in [0.15, 0.2) is 0 Å². The predicted molar refractivity (Wildman–Crippen MR) is 102 cm³/mol. The van der Waals surface area contributed by atoms with Crippen molar-refractivity contribution < 1.29 is 31.4 Å². The maximum Gasteiger partial charge on any atom is 0.451 e. The molecule has 1 atom stereocenters. The zero-order chi connectivity index (χ0) is 22.8. The summed E-state index contributed by atoms with van der Waals surface area (Å²) in [5.41, 5.74) is -0.922. The molecule has 2 N–H and O–H groups in total. The maximum absolute atomic E-state index is 13.3. The van der Waals surface area contributed by atoms with Gasteiger partial charge in [0.1, 0.15) is 5.82 Å². The number of hydrogen-bond acceptors (Lipinski definition) is 4. The number of aliphatic hydroxyl groups is 1. The molecule has 3 rings (SSSR count).